The van der Waals surface area contributed by atoms with Gasteiger partial charge in [0.2, 0.25) is 0 Å². The van der Waals surface area contributed by atoms with Crippen LogP contribution in [0.25, 0.3) is 10.4 Å². The predicted molar refractivity (Wildman–Crippen MR) is 76.3 cm³/mol. The molecule has 1 aromatic heterocycles. The highest BCUT2D eigenvalue weighted by Crippen LogP contribution is 2.30. The lowest BCUT2D eigenvalue weighted by Gasteiger charge is -2.17. The zero-order chi connectivity index (χ0) is 13.4. The number of aryl methyl sites for hydroxylation is 1. The number of carbonyl (C=O) groups is 1. The van der Waals surface area contributed by atoms with Gasteiger partial charge in [-0.15, -0.1) is 11.3 Å². The third-order valence-electron chi connectivity index (χ3n) is 3.24. The number of aromatic nitrogens is 1. The molecule has 3 rings (SSSR count). The summed E-state index contributed by atoms with van der Waals surface area (Å²) in [6, 6.07) is 7.77. The molecule has 0 radical (unpaired) electrons. The summed E-state index contributed by atoms with van der Waals surface area (Å²) in [5.41, 5.74) is 4.99. The van der Waals surface area contributed by atoms with E-state index in [1.54, 1.807) is 17.7 Å². The smallest absolute Gasteiger partial charge is 0.274 e. The monoisotopic (exact) mass is 271 g/mol. The third-order valence-corrected chi connectivity index (χ3v) is 4.22. The lowest BCUT2D eigenvalue weighted by atomic mass is 10.0. The fourth-order valence-electron chi connectivity index (χ4n) is 2.23. The minimum absolute atomic E-state index is 0.107. The molecule has 0 saturated carbocycles. The van der Waals surface area contributed by atoms with E-state index in [9.17, 15) is 4.79 Å². The number of thiazole rings is 1. The third kappa shape index (κ3) is 2.06. The van der Waals surface area contributed by atoms with E-state index in [1.807, 2.05) is 48.6 Å². The summed E-state index contributed by atoms with van der Waals surface area (Å²) in [6.07, 6.45) is 1.58. The second-order valence-corrected chi connectivity index (χ2v) is 5.39. The summed E-state index contributed by atoms with van der Waals surface area (Å²) in [5, 5.41) is 0. The van der Waals surface area contributed by atoms with Gasteiger partial charge in [0.1, 0.15) is 6.04 Å². The molecule has 0 spiro atoms. The van der Waals surface area contributed by atoms with Crippen molar-refractivity contribution in [1.82, 2.24) is 9.88 Å². The van der Waals surface area contributed by atoms with Crippen molar-refractivity contribution in [3.05, 3.63) is 41.0 Å². The van der Waals surface area contributed by atoms with E-state index in [0.717, 1.165) is 16.8 Å². The number of rotatable bonds is 2. The highest BCUT2D eigenvalue weighted by atomic mass is 32.1. The standard InChI is InChI=1S/C14H13N3OS/c1-9-13(19-8-16-9)11-5-3-10(4-6-11)12-14(18)15-7-17(12)2/h3-8,12H,1-2H3. The Hall–Kier alpha value is -2.01. The van der Waals surface area contributed by atoms with Crippen LogP contribution in [0.3, 0.4) is 0 Å². The van der Waals surface area contributed by atoms with E-state index in [4.69, 9.17) is 0 Å². The molecule has 1 aliphatic rings. The molecule has 1 amide bonds. The molecule has 0 aliphatic carbocycles. The van der Waals surface area contributed by atoms with Gasteiger partial charge in [-0.3, -0.25) is 4.79 Å². The Bertz CT molecular complexity index is 645. The minimum atomic E-state index is -0.281. The highest BCUT2D eigenvalue weighted by molar-refractivity contribution is 7.13. The van der Waals surface area contributed by atoms with Crippen LogP contribution in [0.1, 0.15) is 17.3 Å². The summed E-state index contributed by atoms with van der Waals surface area (Å²) in [4.78, 5) is 22.8. The number of carbonyl (C=O) groups excluding carboxylic acids is 1. The summed E-state index contributed by atoms with van der Waals surface area (Å²) < 4.78 is 0. The van der Waals surface area contributed by atoms with Crippen LogP contribution in [-0.2, 0) is 4.79 Å². The van der Waals surface area contributed by atoms with Crippen molar-refractivity contribution >= 4 is 23.6 Å². The van der Waals surface area contributed by atoms with Gasteiger partial charge >= 0.3 is 0 Å². The first-order valence-corrected chi connectivity index (χ1v) is 6.85. The van der Waals surface area contributed by atoms with Gasteiger partial charge < -0.3 is 4.90 Å². The Balaban J connectivity index is 1.92. The molecule has 0 fully saturated rings. The summed E-state index contributed by atoms with van der Waals surface area (Å²) in [5.74, 6) is -0.107. The lowest BCUT2D eigenvalue weighted by Crippen LogP contribution is -2.22. The Morgan fingerprint density at radius 2 is 2.00 bits per heavy atom. The van der Waals surface area contributed by atoms with E-state index in [2.05, 4.69) is 9.98 Å². The summed E-state index contributed by atoms with van der Waals surface area (Å²) >= 11 is 1.63. The van der Waals surface area contributed by atoms with Crippen LogP contribution >= 0.6 is 11.3 Å². The van der Waals surface area contributed by atoms with Crippen molar-refractivity contribution in [2.24, 2.45) is 4.99 Å². The molecule has 2 heterocycles. The van der Waals surface area contributed by atoms with Crippen molar-refractivity contribution in [2.75, 3.05) is 7.05 Å². The predicted octanol–water partition coefficient (Wildman–Crippen LogP) is 2.66. The molecule has 5 heteroatoms. The Morgan fingerprint density at radius 3 is 2.53 bits per heavy atom. The van der Waals surface area contributed by atoms with Crippen LogP contribution in [0, 0.1) is 6.92 Å². The van der Waals surface area contributed by atoms with Crippen LogP contribution in [-0.4, -0.2) is 29.2 Å². The molecule has 1 atom stereocenters. The van der Waals surface area contributed by atoms with Crippen molar-refractivity contribution in [2.45, 2.75) is 13.0 Å². The van der Waals surface area contributed by atoms with Gasteiger partial charge in [-0.2, -0.15) is 0 Å². The molecule has 0 N–H and O–H groups in total. The topological polar surface area (TPSA) is 45.6 Å². The number of nitrogens with zero attached hydrogens (tertiary/aromatic N) is 3. The SMILES string of the molecule is Cc1ncsc1-c1ccc(C2C(=O)N=CN2C)cc1. The Kier molecular flexibility index (Phi) is 2.91. The zero-order valence-corrected chi connectivity index (χ0v) is 11.5. The summed E-state index contributed by atoms with van der Waals surface area (Å²) in [7, 11) is 1.86. The van der Waals surface area contributed by atoms with E-state index in [0.29, 0.717) is 0 Å². The van der Waals surface area contributed by atoms with Crippen molar-refractivity contribution in [3.8, 4) is 10.4 Å². The number of hydrogen-bond donors (Lipinski definition) is 0. The lowest BCUT2D eigenvalue weighted by molar-refractivity contribution is -0.120. The quantitative estimate of drug-likeness (QED) is 0.843. The normalized spacial score (nSPS) is 18.3. The van der Waals surface area contributed by atoms with Gasteiger partial charge in [0, 0.05) is 7.05 Å². The van der Waals surface area contributed by atoms with Crippen LogP contribution in [0.5, 0.6) is 0 Å². The number of aliphatic imine (C=N–C) groups is 1. The maximum atomic E-state index is 11.7. The maximum Gasteiger partial charge on any atom is 0.274 e. The van der Waals surface area contributed by atoms with Crippen LogP contribution in [0.4, 0.5) is 0 Å². The zero-order valence-electron chi connectivity index (χ0n) is 10.7. The minimum Gasteiger partial charge on any atom is -0.350 e. The number of benzene rings is 1. The number of hydrogen-bond acceptors (Lipinski definition) is 4. The second-order valence-electron chi connectivity index (χ2n) is 4.54. The van der Waals surface area contributed by atoms with Crippen LogP contribution < -0.4 is 0 Å². The molecule has 0 saturated heterocycles. The molecule has 4 nitrogen and oxygen atoms in total. The van der Waals surface area contributed by atoms with Gasteiger partial charge in [-0.05, 0) is 18.1 Å². The summed E-state index contributed by atoms with van der Waals surface area (Å²) in [6.45, 7) is 2.00. The largest absolute Gasteiger partial charge is 0.350 e. The maximum absolute atomic E-state index is 11.7. The molecular formula is C14H13N3OS. The van der Waals surface area contributed by atoms with Crippen LogP contribution in [0.15, 0.2) is 34.8 Å². The molecule has 1 aromatic carbocycles. The number of likely N-dealkylation sites (N-methyl/N-ethyl adjacent to an activating group) is 1. The van der Waals surface area contributed by atoms with E-state index in [1.165, 1.54) is 4.88 Å². The molecule has 96 valence electrons. The number of amides is 1. The molecule has 1 unspecified atom stereocenters. The molecule has 2 aromatic rings. The second kappa shape index (κ2) is 4.59. The first kappa shape index (κ1) is 12.0. The van der Waals surface area contributed by atoms with Gasteiger partial charge in [-0.25, -0.2) is 9.98 Å². The van der Waals surface area contributed by atoms with Gasteiger partial charge in [0.05, 0.1) is 22.4 Å². The van der Waals surface area contributed by atoms with Crippen molar-refractivity contribution in [3.63, 3.8) is 0 Å². The average Bonchev–Trinajstić information content (AvgIpc) is 2.97. The van der Waals surface area contributed by atoms with Gasteiger partial charge in [-0.1, -0.05) is 24.3 Å². The van der Waals surface area contributed by atoms with Gasteiger partial charge in [0.25, 0.3) is 5.91 Å². The first-order chi connectivity index (χ1) is 9.16. The molecular weight excluding hydrogens is 258 g/mol. The van der Waals surface area contributed by atoms with Crippen molar-refractivity contribution in [1.29, 1.82) is 0 Å². The highest BCUT2D eigenvalue weighted by Gasteiger charge is 2.27. The van der Waals surface area contributed by atoms with Crippen molar-refractivity contribution < 1.29 is 4.79 Å². The molecule has 19 heavy (non-hydrogen) atoms. The Morgan fingerprint density at radius 1 is 1.26 bits per heavy atom. The van der Waals surface area contributed by atoms with Gasteiger partial charge in [0.15, 0.2) is 0 Å². The molecule has 0 bridgehead atoms. The fourth-order valence-corrected chi connectivity index (χ4v) is 3.04. The first-order valence-electron chi connectivity index (χ1n) is 5.97. The van der Waals surface area contributed by atoms with E-state index < -0.39 is 0 Å². The fraction of sp³-hybridized carbons (Fsp3) is 0.214. The van der Waals surface area contributed by atoms with Crippen LogP contribution in [0.2, 0.25) is 0 Å². The molecule has 1 aliphatic heterocycles. The van der Waals surface area contributed by atoms with E-state index >= 15 is 0 Å². The Labute approximate surface area is 115 Å². The van der Waals surface area contributed by atoms with E-state index in [-0.39, 0.29) is 11.9 Å². The average molecular weight is 271 g/mol.